The molecule has 0 bridgehead atoms. The number of rotatable bonds is 8. The van der Waals surface area contributed by atoms with Crippen molar-refractivity contribution in [2.24, 2.45) is 0 Å². The summed E-state index contributed by atoms with van der Waals surface area (Å²) in [4.78, 5) is 35.8. The van der Waals surface area contributed by atoms with Crippen molar-refractivity contribution in [1.29, 1.82) is 0 Å². The summed E-state index contributed by atoms with van der Waals surface area (Å²) in [6.45, 7) is 3.48. The van der Waals surface area contributed by atoms with Crippen molar-refractivity contribution >= 4 is 34.0 Å². The summed E-state index contributed by atoms with van der Waals surface area (Å²) in [5, 5.41) is 17.9. The molecule has 2 amide bonds. The van der Waals surface area contributed by atoms with Crippen LogP contribution in [0.15, 0.2) is 79.1 Å². The lowest BCUT2D eigenvalue weighted by atomic mass is 9.93. The number of ether oxygens (including phenoxy) is 1. The Kier molecular flexibility index (Phi) is 8.53. The van der Waals surface area contributed by atoms with Gasteiger partial charge in [-0.1, -0.05) is 29.5 Å². The number of hydrogen-bond donors (Lipinski definition) is 2. The minimum atomic E-state index is -0.469. The zero-order chi connectivity index (χ0) is 33.2. The SMILES string of the molecule is COc1ccccc1-c1cc(C2=CCCN(C(=O)CCn3ccnn3)C2)c(F)c2[nH]c(C(=O)N3CCN(c4ccc(O)cc4)CC3)cc12. The van der Waals surface area contributed by atoms with E-state index in [1.54, 1.807) is 52.2 Å². The van der Waals surface area contributed by atoms with Crippen LogP contribution < -0.4 is 9.64 Å². The van der Waals surface area contributed by atoms with Crippen LogP contribution >= 0.6 is 0 Å². The maximum absolute atomic E-state index is 16.6. The first-order valence-electron chi connectivity index (χ1n) is 16.0. The summed E-state index contributed by atoms with van der Waals surface area (Å²) < 4.78 is 23.9. The smallest absolute Gasteiger partial charge is 0.270 e. The molecule has 3 aromatic carbocycles. The molecule has 5 aromatic rings. The summed E-state index contributed by atoms with van der Waals surface area (Å²) in [5.74, 6) is 0.117. The topological polar surface area (TPSA) is 120 Å². The first-order chi connectivity index (χ1) is 23.4. The third-order valence-corrected chi connectivity index (χ3v) is 9.14. The second-order valence-electron chi connectivity index (χ2n) is 12.0. The number of nitrogens with one attached hydrogen (secondary N) is 1. The molecular weight excluding hydrogens is 613 g/mol. The number of phenols is 1. The molecule has 2 aliphatic heterocycles. The third-order valence-electron chi connectivity index (χ3n) is 9.14. The number of aromatic amines is 1. The molecule has 0 spiro atoms. The van der Waals surface area contributed by atoms with Gasteiger partial charge in [-0.15, -0.1) is 5.10 Å². The van der Waals surface area contributed by atoms with Crippen LogP contribution in [0, 0.1) is 5.82 Å². The molecule has 0 aliphatic carbocycles. The highest BCUT2D eigenvalue weighted by atomic mass is 19.1. The van der Waals surface area contributed by atoms with Gasteiger partial charge in [0.2, 0.25) is 5.91 Å². The lowest BCUT2D eigenvalue weighted by Gasteiger charge is -2.36. The van der Waals surface area contributed by atoms with Gasteiger partial charge in [0.25, 0.3) is 5.91 Å². The molecule has 2 aromatic heterocycles. The molecule has 2 aliphatic rings. The molecule has 246 valence electrons. The normalized spacial score (nSPS) is 15.1. The van der Waals surface area contributed by atoms with Gasteiger partial charge < -0.3 is 29.5 Å². The van der Waals surface area contributed by atoms with E-state index in [9.17, 15) is 14.7 Å². The maximum atomic E-state index is 16.6. The Bertz CT molecular complexity index is 1980. The highest BCUT2D eigenvalue weighted by Crippen LogP contribution is 2.40. The van der Waals surface area contributed by atoms with Gasteiger partial charge in [-0.05, 0) is 60.0 Å². The summed E-state index contributed by atoms with van der Waals surface area (Å²) >= 11 is 0. The van der Waals surface area contributed by atoms with E-state index < -0.39 is 5.82 Å². The number of fused-ring (bicyclic) bond motifs is 1. The Morgan fingerprint density at radius 3 is 2.50 bits per heavy atom. The van der Waals surface area contributed by atoms with E-state index in [2.05, 4.69) is 20.2 Å². The molecule has 0 radical (unpaired) electrons. The van der Waals surface area contributed by atoms with Crippen LogP contribution in [-0.2, 0) is 11.3 Å². The van der Waals surface area contributed by atoms with Crippen LogP contribution in [0.5, 0.6) is 11.5 Å². The van der Waals surface area contributed by atoms with Gasteiger partial charge in [0.05, 0.1) is 25.4 Å². The number of aromatic hydroxyl groups is 1. The van der Waals surface area contributed by atoms with Gasteiger partial charge in [0, 0.05) is 74.1 Å². The lowest BCUT2D eigenvalue weighted by molar-refractivity contribution is -0.131. The van der Waals surface area contributed by atoms with E-state index in [1.807, 2.05) is 48.5 Å². The molecule has 0 saturated carbocycles. The fraction of sp³-hybridized carbons (Fsp3) is 0.278. The van der Waals surface area contributed by atoms with Gasteiger partial charge in [-0.2, -0.15) is 0 Å². The van der Waals surface area contributed by atoms with E-state index >= 15 is 4.39 Å². The largest absolute Gasteiger partial charge is 0.508 e. The summed E-state index contributed by atoms with van der Waals surface area (Å²) in [6.07, 6.45) is 6.13. The minimum absolute atomic E-state index is 0.0409. The minimum Gasteiger partial charge on any atom is -0.508 e. The molecule has 7 rings (SSSR count). The second-order valence-corrected chi connectivity index (χ2v) is 12.0. The molecule has 1 saturated heterocycles. The molecule has 1 fully saturated rings. The first-order valence-corrected chi connectivity index (χ1v) is 16.0. The zero-order valence-electron chi connectivity index (χ0n) is 26.6. The van der Waals surface area contributed by atoms with Gasteiger partial charge in [0.15, 0.2) is 5.82 Å². The van der Waals surface area contributed by atoms with Crippen LogP contribution in [-0.4, -0.2) is 93.1 Å². The fourth-order valence-corrected chi connectivity index (χ4v) is 6.57. The summed E-state index contributed by atoms with van der Waals surface area (Å²) in [6, 6.07) is 18.1. The average Bonchev–Trinajstić information content (AvgIpc) is 3.82. The van der Waals surface area contributed by atoms with Crippen LogP contribution in [0.25, 0.3) is 27.6 Å². The number of benzene rings is 3. The van der Waals surface area contributed by atoms with Crippen LogP contribution in [0.4, 0.5) is 10.1 Å². The molecule has 12 heteroatoms. The van der Waals surface area contributed by atoms with Gasteiger partial charge in [-0.25, -0.2) is 4.39 Å². The van der Waals surface area contributed by atoms with Crippen LogP contribution in [0.1, 0.15) is 28.9 Å². The molecule has 11 nitrogen and oxygen atoms in total. The van der Waals surface area contributed by atoms with Crippen LogP contribution in [0.2, 0.25) is 0 Å². The van der Waals surface area contributed by atoms with E-state index in [0.717, 1.165) is 16.8 Å². The van der Waals surface area contributed by atoms with E-state index in [-0.39, 0.29) is 36.0 Å². The van der Waals surface area contributed by atoms with Crippen molar-refractivity contribution in [3.63, 3.8) is 0 Å². The number of carbonyl (C=O) groups is 2. The number of halogens is 1. The molecule has 0 atom stereocenters. The number of methoxy groups -OCH3 is 1. The predicted molar refractivity (Wildman–Crippen MR) is 180 cm³/mol. The maximum Gasteiger partial charge on any atom is 0.270 e. The number of aryl methyl sites for hydroxylation is 1. The number of amides is 2. The summed E-state index contributed by atoms with van der Waals surface area (Å²) in [7, 11) is 1.59. The fourth-order valence-electron chi connectivity index (χ4n) is 6.57. The molecule has 48 heavy (non-hydrogen) atoms. The zero-order valence-corrected chi connectivity index (χ0v) is 26.6. The Hall–Kier alpha value is -5.65. The monoisotopic (exact) mass is 649 g/mol. The molecule has 4 heterocycles. The first kappa shape index (κ1) is 31.0. The quantitative estimate of drug-likeness (QED) is 0.244. The predicted octanol–water partition coefficient (Wildman–Crippen LogP) is 4.95. The summed E-state index contributed by atoms with van der Waals surface area (Å²) in [5.41, 5.74) is 4.09. The van der Waals surface area contributed by atoms with Gasteiger partial charge in [0.1, 0.15) is 17.2 Å². The Balaban J connectivity index is 1.19. The number of aromatic nitrogens is 4. The Morgan fingerprint density at radius 2 is 1.75 bits per heavy atom. The number of carbonyl (C=O) groups excluding carboxylic acids is 2. The van der Waals surface area contributed by atoms with Gasteiger partial charge in [-0.3, -0.25) is 14.3 Å². The van der Waals surface area contributed by atoms with Crippen LogP contribution in [0.3, 0.4) is 0 Å². The number of phenolic OH excluding ortho intramolecular Hbond substituents is 1. The number of para-hydroxylation sites is 1. The highest BCUT2D eigenvalue weighted by Gasteiger charge is 2.28. The van der Waals surface area contributed by atoms with Gasteiger partial charge >= 0.3 is 0 Å². The highest BCUT2D eigenvalue weighted by molar-refractivity contribution is 6.05. The lowest BCUT2D eigenvalue weighted by Crippen LogP contribution is -2.48. The van der Waals surface area contributed by atoms with Crippen molar-refractivity contribution in [3.8, 4) is 22.6 Å². The number of hydrogen-bond acceptors (Lipinski definition) is 7. The van der Waals surface area contributed by atoms with E-state index in [0.29, 0.717) is 73.7 Å². The number of nitrogens with zero attached hydrogens (tertiary/aromatic N) is 6. The Morgan fingerprint density at radius 1 is 0.958 bits per heavy atom. The molecule has 0 unspecified atom stereocenters. The Labute approximate surface area is 276 Å². The van der Waals surface area contributed by atoms with E-state index in [4.69, 9.17) is 4.74 Å². The number of H-pyrrole nitrogens is 1. The standard InChI is InChI=1S/C36H36FN7O4/c1-48-32-7-3-2-6-27(32)29-21-28(24-5-4-14-43(23-24)33(46)12-15-44-16-13-38-40-44)34(37)35-30(29)22-31(39-35)36(47)42-19-17-41(18-20-42)25-8-10-26(45)11-9-25/h2-3,5-11,13,16,21-22,39,45H,4,12,14-15,17-20,23H2,1H3. The number of anilines is 1. The van der Waals surface area contributed by atoms with Crippen molar-refractivity contribution in [1.82, 2.24) is 29.8 Å². The van der Waals surface area contributed by atoms with Crippen molar-refractivity contribution in [2.75, 3.05) is 51.3 Å². The van der Waals surface area contributed by atoms with E-state index in [1.165, 1.54) is 0 Å². The average molecular weight is 650 g/mol. The van der Waals surface area contributed by atoms with Crippen molar-refractivity contribution < 1.29 is 23.8 Å². The second kappa shape index (κ2) is 13.2. The van der Waals surface area contributed by atoms with Crippen molar-refractivity contribution in [3.05, 3.63) is 96.2 Å². The molecular formula is C36H36FN7O4. The van der Waals surface area contributed by atoms with Crippen molar-refractivity contribution in [2.45, 2.75) is 19.4 Å². The third kappa shape index (κ3) is 6.08. The molecule has 2 N–H and O–H groups in total. The number of piperazine rings is 1.